The lowest BCUT2D eigenvalue weighted by molar-refractivity contribution is -0.115. The Bertz CT molecular complexity index is 1160. The second-order valence-corrected chi connectivity index (χ2v) is 10.0. The number of anilines is 1. The van der Waals surface area contributed by atoms with Crippen molar-refractivity contribution in [1.29, 1.82) is 0 Å². The van der Waals surface area contributed by atoms with Crippen molar-refractivity contribution in [2.24, 2.45) is 5.92 Å². The summed E-state index contributed by atoms with van der Waals surface area (Å²) in [4.78, 5) is 34.7. The zero-order valence-corrected chi connectivity index (χ0v) is 19.7. The number of rotatable bonds is 7. The molecule has 0 radical (unpaired) electrons. The van der Waals surface area contributed by atoms with Crippen molar-refractivity contribution in [2.45, 2.75) is 32.1 Å². The number of thioether (sulfide) groups is 1. The maximum atomic E-state index is 11.8. The van der Waals surface area contributed by atoms with E-state index in [1.807, 2.05) is 0 Å². The first kappa shape index (κ1) is 21.9. The fourth-order valence-electron chi connectivity index (χ4n) is 4.21. The molecule has 0 aromatic carbocycles. The van der Waals surface area contributed by atoms with Crippen LogP contribution in [0.2, 0.25) is 0 Å². The molecule has 170 valence electrons. The molecule has 3 aromatic heterocycles. The first-order valence-corrected chi connectivity index (χ1v) is 12.8. The highest BCUT2D eigenvalue weighted by molar-refractivity contribution is 8.18. The van der Waals surface area contributed by atoms with Gasteiger partial charge in [0.15, 0.2) is 0 Å². The standard InChI is InChI=1S/C24H24N4O3S2/c29-22-21(33-24(30)27-22)14-18-6-10-25-23(26-18)28-11-7-16(8-12-28)2-1-3-19-4-5-20(31-19)17-9-13-32-15-17/h4-6,9-10,13-16H,1-3,7-8,11-12H2,(H,27,29,30)/b21-14-. The molecular formula is C24H24N4O3S2. The molecule has 2 saturated heterocycles. The van der Waals surface area contributed by atoms with Gasteiger partial charge in [0.25, 0.3) is 11.1 Å². The number of amides is 2. The van der Waals surface area contributed by atoms with E-state index in [1.54, 1.807) is 29.7 Å². The number of carbonyl (C=O) groups excluding carboxylic acids is 2. The molecule has 0 atom stereocenters. The van der Waals surface area contributed by atoms with Crippen molar-refractivity contribution in [1.82, 2.24) is 15.3 Å². The number of imide groups is 1. The normalized spacial score (nSPS) is 18.3. The van der Waals surface area contributed by atoms with Crippen molar-refractivity contribution in [3.05, 3.63) is 57.6 Å². The predicted octanol–water partition coefficient (Wildman–Crippen LogP) is 5.36. The first-order chi connectivity index (χ1) is 16.1. The van der Waals surface area contributed by atoms with Crippen molar-refractivity contribution < 1.29 is 14.0 Å². The van der Waals surface area contributed by atoms with Gasteiger partial charge in [-0.3, -0.25) is 14.9 Å². The van der Waals surface area contributed by atoms with Crippen LogP contribution in [0.5, 0.6) is 0 Å². The highest BCUT2D eigenvalue weighted by atomic mass is 32.2. The number of nitrogens with zero attached hydrogens (tertiary/aromatic N) is 3. The topological polar surface area (TPSA) is 88.3 Å². The summed E-state index contributed by atoms with van der Waals surface area (Å²) in [5.74, 6) is 3.01. The van der Waals surface area contributed by atoms with Gasteiger partial charge in [0.2, 0.25) is 5.95 Å². The van der Waals surface area contributed by atoms with E-state index in [9.17, 15) is 9.59 Å². The van der Waals surface area contributed by atoms with Gasteiger partial charge in [-0.25, -0.2) is 9.97 Å². The van der Waals surface area contributed by atoms with Crippen LogP contribution in [0.3, 0.4) is 0 Å². The molecule has 2 fully saturated rings. The lowest BCUT2D eigenvalue weighted by Crippen LogP contribution is -2.35. The molecule has 9 heteroatoms. The maximum Gasteiger partial charge on any atom is 0.290 e. The van der Waals surface area contributed by atoms with Crippen LogP contribution in [0.25, 0.3) is 17.4 Å². The Hall–Kier alpha value is -2.91. The minimum Gasteiger partial charge on any atom is -0.461 e. The number of hydrogen-bond acceptors (Lipinski definition) is 8. The van der Waals surface area contributed by atoms with E-state index >= 15 is 0 Å². The quantitative estimate of drug-likeness (QED) is 0.455. The highest BCUT2D eigenvalue weighted by Gasteiger charge is 2.25. The summed E-state index contributed by atoms with van der Waals surface area (Å²) >= 11 is 2.58. The number of piperidine rings is 1. The molecule has 0 spiro atoms. The van der Waals surface area contributed by atoms with Crippen LogP contribution in [-0.2, 0) is 11.2 Å². The molecule has 2 amide bonds. The lowest BCUT2D eigenvalue weighted by Gasteiger charge is -2.32. The Morgan fingerprint density at radius 1 is 1.18 bits per heavy atom. The molecule has 2 aliphatic rings. The van der Waals surface area contributed by atoms with Gasteiger partial charge in [-0.05, 0) is 79.1 Å². The average Bonchev–Trinajstić information content (AvgIpc) is 3.57. The van der Waals surface area contributed by atoms with Crippen LogP contribution in [-0.4, -0.2) is 34.2 Å². The molecule has 3 aromatic rings. The number of aryl methyl sites for hydroxylation is 1. The fraction of sp³-hybridized carbons (Fsp3) is 0.333. The number of furan rings is 1. The number of nitrogens with one attached hydrogen (secondary N) is 1. The monoisotopic (exact) mass is 480 g/mol. The summed E-state index contributed by atoms with van der Waals surface area (Å²) < 4.78 is 6.00. The molecule has 5 rings (SSSR count). The molecule has 7 nitrogen and oxygen atoms in total. The zero-order valence-electron chi connectivity index (χ0n) is 18.0. The lowest BCUT2D eigenvalue weighted by atomic mass is 9.91. The van der Waals surface area contributed by atoms with Crippen LogP contribution in [0.15, 0.2) is 50.5 Å². The summed E-state index contributed by atoms with van der Waals surface area (Å²) in [6.45, 7) is 1.84. The van der Waals surface area contributed by atoms with Crippen LogP contribution in [0.1, 0.15) is 37.1 Å². The van der Waals surface area contributed by atoms with E-state index in [2.05, 4.69) is 49.1 Å². The van der Waals surface area contributed by atoms with E-state index in [4.69, 9.17) is 4.42 Å². The van der Waals surface area contributed by atoms with E-state index in [-0.39, 0.29) is 11.1 Å². The van der Waals surface area contributed by atoms with Crippen molar-refractivity contribution in [3.8, 4) is 11.3 Å². The van der Waals surface area contributed by atoms with Gasteiger partial charge in [0.1, 0.15) is 11.5 Å². The summed E-state index contributed by atoms with van der Waals surface area (Å²) in [6, 6.07) is 8.00. The average molecular weight is 481 g/mol. The second-order valence-electron chi connectivity index (χ2n) is 8.23. The van der Waals surface area contributed by atoms with Crippen LogP contribution < -0.4 is 10.2 Å². The van der Waals surface area contributed by atoms with Crippen LogP contribution in [0, 0.1) is 5.92 Å². The van der Waals surface area contributed by atoms with E-state index in [0.29, 0.717) is 22.5 Å². The Morgan fingerprint density at radius 2 is 2.06 bits per heavy atom. The van der Waals surface area contributed by atoms with E-state index in [1.165, 1.54) is 6.42 Å². The molecule has 0 aliphatic carbocycles. The third kappa shape index (κ3) is 5.36. The molecular weight excluding hydrogens is 456 g/mol. The summed E-state index contributed by atoms with van der Waals surface area (Å²) in [5.41, 5.74) is 1.79. The van der Waals surface area contributed by atoms with Crippen LogP contribution >= 0.6 is 23.1 Å². The second kappa shape index (κ2) is 9.93. The number of hydrogen-bond donors (Lipinski definition) is 1. The van der Waals surface area contributed by atoms with Gasteiger partial charge >= 0.3 is 0 Å². The van der Waals surface area contributed by atoms with Gasteiger partial charge in [-0.2, -0.15) is 11.3 Å². The van der Waals surface area contributed by atoms with Crippen molar-refractivity contribution in [2.75, 3.05) is 18.0 Å². The Labute approximate surface area is 200 Å². The zero-order chi connectivity index (χ0) is 22.6. The molecule has 0 unspecified atom stereocenters. The highest BCUT2D eigenvalue weighted by Crippen LogP contribution is 2.28. The number of aromatic nitrogens is 2. The Kier molecular flexibility index (Phi) is 6.59. The van der Waals surface area contributed by atoms with Crippen molar-refractivity contribution in [3.63, 3.8) is 0 Å². The van der Waals surface area contributed by atoms with Crippen molar-refractivity contribution >= 4 is 46.3 Å². The third-order valence-electron chi connectivity index (χ3n) is 5.99. The van der Waals surface area contributed by atoms with Gasteiger partial charge < -0.3 is 9.32 Å². The molecule has 0 bridgehead atoms. The largest absolute Gasteiger partial charge is 0.461 e. The summed E-state index contributed by atoms with van der Waals surface area (Å²) in [5, 5.41) is 6.09. The Morgan fingerprint density at radius 3 is 2.82 bits per heavy atom. The number of carbonyl (C=O) groups is 2. The summed E-state index contributed by atoms with van der Waals surface area (Å²) in [6.07, 6.45) is 8.85. The third-order valence-corrected chi connectivity index (χ3v) is 7.48. The smallest absolute Gasteiger partial charge is 0.290 e. The number of thiophene rings is 1. The molecule has 1 N–H and O–H groups in total. The van der Waals surface area contributed by atoms with E-state index in [0.717, 1.165) is 67.6 Å². The Balaban J connectivity index is 1.10. The fourth-order valence-corrected chi connectivity index (χ4v) is 5.52. The minimum atomic E-state index is -0.372. The van der Waals surface area contributed by atoms with Gasteiger partial charge in [0.05, 0.1) is 10.6 Å². The van der Waals surface area contributed by atoms with E-state index < -0.39 is 0 Å². The maximum absolute atomic E-state index is 11.8. The first-order valence-electron chi connectivity index (χ1n) is 11.1. The van der Waals surface area contributed by atoms with Gasteiger partial charge in [-0.15, -0.1) is 0 Å². The predicted molar refractivity (Wildman–Crippen MR) is 131 cm³/mol. The molecule has 5 heterocycles. The van der Waals surface area contributed by atoms with Gasteiger partial charge in [-0.1, -0.05) is 0 Å². The molecule has 2 aliphatic heterocycles. The molecule has 0 saturated carbocycles. The summed E-state index contributed by atoms with van der Waals surface area (Å²) in [7, 11) is 0. The van der Waals surface area contributed by atoms with Gasteiger partial charge in [0, 0.05) is 36.7 Å². The van der Waals surface area contributed by atoms with Crippen LogP contribution in [0.4, 0.5) is 10.7 Å². The SMILES string of the molecule is O=C1NC(=O)/C(=C/c2ccnc(N3CCC(CCCc4ccc(-c5ccsc5)o4)CC3)n2)S1. The minimum absolute atomic E-state index is 0.349. The molecule has 33 heavy (non-hydrogen) atoms.